The molecule has 5 heteroatoms. The second-order valence-electron chi connectivity index (χ2n) is 5.31. The highest BCUT2D eigenvalue weighted by Crippen LogP contribution is 2.21. The Hall–Kier alpha value is -1.46. The molecule has 1 aliphatic rings. The third kappa shape index (κ3) is 2.99. The Labute approximate surface area is 122 Å². The minimum Gasteiger partial charge on any atom is -0.378 e. The molecule has 20 heavy (non-hydrogen) atoms. The first-order chi connectivity index (χ1) is 9.72. The molecule has 0 saturated carbocycles. The highest BCUT2D eigenvalue weighted by Gasteiger charge is 2.20. The molecule has 2 unspecified atom stereocenters. The van der Waals surface area contributed by atoms with Crippen LogP contribution >= 0.6 is 11.3 Å². The van der Waals surface area contributed by atoms with E-state index in [0.29, 0.717) is 24.3 Å². The number of thiophene rings is 1. The maximum absolute atomic E-state index is 12.1. The van der Waals surface area contributed by atoms with Crippen LogP contribution in [-0.2, 0) is 4.74 Å². The van der Waals surface area contributed by atoms with E-state index < -0.39 is 0 Å². The van der Waals surface area contributed by atoms with Crippen LogP contribution in [-0.4, -0.2) is 30.1 Å². The predicted octanol–water partition coefficient (Wildman–Crippen LogP) is 2.84. The van der Waals surface area contributed by atoms with Crippen LogP contribution in [0, 0.1) is 5.92 Å². The van der Waals surface area contributed by atoms with Gasteiger partial charge in [0.1, 0.15) is 5.69 Å². The molecule has 4 nitrogen and oxygen atoms in total. The third-order valence-corrected chi connectivity index (χ3v) is 4.59. The van der Waals surface area contributed by atoms with Crippen LogP contribution < -0.4 is 5.32 Å². The van der Waals surface area contributed by atoms with Gasteiger partial charge in [0, 0.05) is 29.4 Å². The Balaban J connectivity index is 1.60. The second kappa shape index (κ2) is 5.89. The zero-order valence-electron chi connectivity index (χ0n) is 11.5. The molecule has 0 aromatic carbocycles. The van der Waals surface area contributed by atoms with Gasteiger partial charge >= 0.3 is 0 Å². The molecule has 0 bridgehead atoms. The highest BCUT2D eigenvalue weighted by atomic mass is 32.1. The average molecular weight is 290 g/mol. The summed E-state index contributed by atoms with van der Waals surface area (Å²) in [6.45, 7) is 3.58. The summed E-state index contributed by atoms with van der Waals surface area (Å²) in [6, 6.07) is 3.88. The van der Waals surface area contributed by atoms with E-state index in [9.17, 15) is 4.79 Å². The molecule has 1 amide bonds. The number of amides is 1. The van der Waals surface area contributed by atoms with Gasteiger partial charge in [0.2, 0.25) is 0 Å². The normalized spacial score (nSPS) is 22.9. The number of carbonyl (C=O) groups is 1. The molecular formula is C15H18N2O2S. The molecule has 3 heterocycles. The van der Waals surface area contributed by atoms with E-state index in [4.69, 9.17) is 4.74 Å². The second-order valence-corrected chi connectivity index (χ2v) is 6.26. The quantitative estimate of drug-likeness (QED) is 0.945. The van der Waals surface area contributed by atoms with Crippen molar-refractivity contribution in [2.75, 3.05) is 13.2 Å². The summed E-state index contributed by atoms with van der Waals surface area (Å²) in [5, 5.41) is 6.09. The van der Waals surface area contributed by atoms with Crippen molar-refractivity contribution in [2.24, 2.45) is 5.92 Å². The predicted molar refractivity (Wildman–Crippen MR) is 80.1 cm³/mol. The van der Waals surface area contributed by atoms with Gasteiger partial charge in [-0.15, -0.1) is 11.3 Å². The molecule has 0 aliphatic carbocycles. The van der Waals surface area contributed by atoms with Crippen molar-refractivity contribution in [2.45, 2.75) is 25.9 Å². The molecule has 0 spiro atoms. The topological polar surface area (TPSA) is 51.2 Å². The first-order valence-corrected chi connectivity index (χ1v) is 7.83. The van der Waals surface area contributed by atoms with Crippen LogP contribution in [0.15, 0.2) is 23.7 Å². The summed E-state index contributed by atoms with van der Waals surface area (Å²) >= 11 is 1.63. The van der Waals surface area contributed by atoms with E-state index in [1.54, 1.807) is 17.5 Å². The molecule has 0 radical (unpaired) electrons. The van der Waals surface area contributed by atoms with Crippen LogP contribution in [0.5, 0.6) is 0 Å². The monoisotopic (exact) mass is 290 g/mol. The lowest BCUT2D eigenvalue weighted by Gasteiger charge is -2.27. The SMILES string of the molecule is CC1CC(CNC(=O)c2cc3sccc3cn2)CCO1. The van der Waals surface area contributed by atoms with Crippen molar-refractivity contribution in [1.82, 2.24) is 10.3 Å². The number of rotatable bonds is 3. The lowest BCUT2D eigenvalue weighted by atomic mass is 9.96. The van der Waals surface area contributed by atoms with Crippen LogP contribution in [0.25, 0.3) is 10.1 Å². The first-order valence-electron chi connectivity index (χ1n) is 6.95. The molecule has 1 N–H and O–H groups in total. The van der Waals surface area contributed by atoms with Gasteiger partial charge in [-0.3, -0.25) is 9.78 Å². The number of hydrogen-bond acceptors (Lipinski definition) is 4. The summed E-state index contributed by atoms with van der Waals surface area (Å²) < 4.78 is 6.62. The van der Waals surface area contributed by atoms with Crippen molar-refractivity contribution in [3.05, 3.63) is 29.4 Å². The average Bonchev–Trinajstić information content (AvgIpc) is 2.92. The van der Waals surface area contributed by atoms with E-state index in [2.05, 4.69) is 17.2 Å². The molecule has 3 rings (SSSR count). The van der Waals surface area contributed by atoms with Crippen molar-refractivity contribution in [1.29, 1.82) is 0 Å². The van der Waals surface area contributed by atoms with Crippen molar-refractivity contribution >= 4 is 27.3 Å². The van der Waals surface area contributed by atoms with E-state index in [-0.39, 0.29) is 5.91 Å². The first kappa shape index (κ1) is 13.5. The lowest BCUT2D eigenvalue weighted by molar-refractivity contribution is 0.00301. The Bertz CT molecular complexity index is 611. The molecule has 2 aromatic rings. The van der Waals surface area contributed by atoms with Gasteiger partial charge < -0.3 is 10.1 Å². The van der Waals surface area contributed by atoms with Gasteiger partial charge in [0.15, 0.2) is 0 Å². The third-order valence-electron chi connectivity index (χ3n) is 3.72. The Kier molecular flexibility index (Phi) is 3.98. The number of aromatic nitrogens is 1. The number of nitrogens with zero attached hydrogens (tertiary/aromatic N) is 1. The Morgan fingerprint density at radius 2 is 2.50 bits per heavy atom. The van der Waals surface area contributed by atoms with E-state index in [1.165, 1.54) is 0 Å². The zero-order valence-corrected chi connectivity index (χ0v) is 12.3. The smallest absolute Gasteiger partial charge is 0.269 e. The zero-order chi connectivity index (χ0) is 13.9. The lowest BCUT2D eigenvalue weighted by Crippen LogP contribution is -2.34. The summed E-state index contributed by atoms with van der Waals surface area (Å²) in [6.07, 6.45) is 4.09. The molecule has 2 atom stereocenters. The molecule has 2 aromatic heterocycles. The number of fused-ring (bicyclic) bond motifs is 1. The fourth-order valence-corrected chi connectivity index (χ4v) is 3.38. The molecule has 1 aliphatic heterocycles. The summed E-state index contributed by atoms with van der Waals surface area (Å²) in [4.78, 5) is 16.4. The van der Waals surface area contributed by atoms with Crippen LogP contribution in [0.1, 0.15) is 30.3 Å². The largest absolute Gasteiger partial charge is 0.378 e. The van der Waals surface area contributed by atoms with Gasteiger partial charge in [-0.25, -0.2) is 0 Å². The summed E-state index contributed by atoms with van der Waals surface area (Å²) in [5.74, 6) is 0.424. The van der Waals surface area contributed by atoms with E-state index in [0.717, 1.165) is 29.5 Å². The van der Waals surface area contributed by atoms with Crippen LogP contribution in [0.2, 0.25) is 0 Å². The fourth-order valence-electron chi connectivity index (χ4n) is 2.58. The maximum Gasteiger partial charge on any atom is 0.269 e. The van der Waals surface area contributed by atoms with E-state index >= 15 is 0 Å². The van der Waals surface area contributed by atoms with Gasteiger partial charge in [-0.05, 0) is 43.2 Å². The van der Waals surface area contributed by atoms with Crippen molar-refractivity contribution < 1.29 is 9.53 Å². The number of ether oxygens (including phenoxy) is 1. The van der Waals surface area contributed by atoms with Gasteiger partial charge in [0.25, 0.3) is 5.91 Å². The van der Waals surface area contributed by atoms with Crippen LogP contribution in [0.3, 0.4) is 0 Å². The van der Waals surface area contributed by atoms with Gasteiger partial charge in [0.05, 0.1) is 6.10 Å². The number of carbonyl (C=O) groups excluding carboxylic acids is 1. The Morgan fingerprint density at radius 1 is 1.60 bits per heavy atom. The minimum absolute atomic E-state index is 0.0838. The molecule has 106 valence electrons. The van der Waals surface area contributed by atoms with Crippen molar-refractivity contribution in [3.8, 4) is 0 Å². The molecular weight excluding hydrogens is 272 g/mol. The van der Waals surface area contributed by atoms with Gasteiger partial charge in [-0.1, -0.05) is 0 Å². The number of hydrogen-bond donors (Lipinski definition) is 1. The van der Waals surface area contributed by atoms with Gasteiger partial charge in [-0.2, -0.15) is 0 Å². The summed E-state index contributed by atoms with van der Waals surface area (Å²) in [5.41, 5.74) is 0.500. The van der Waals surface area contributed by atoms with Crippen molar-refractivity contribution in [3.63, 3.8) is 0 Å². The molecule has 1 fully saturated rings. The minimum atomic E-state index is -0.0838. The van der Waals surface area contributed by atoms with Crippen LogP contribution in [0.4, 0.5) is 0 Å². The number of pyridine rings is 1. The fraction of sp³-hybridized carbons (Fsp3) is 0.467. The highest BCUT2D eigenvalue weighted by molar-refractivity contribution is 7.17. The standard InChI is InChI=1S/C15H18N2O2S/c1-10-6-11(2-4-19-10)8-17-15(18)13-7-14-12(9-16-13)3-5-20-14/h3,5,7,9-11H,2,4,6,8H2,1H3,(H,17,18). The van der Waals surface area contributed by atoms with E-state index in [1.807, 2.05) is 17.5 Å². The Morgan fingerprint density at radius 3 is 3.35 bits per heavy atom. The molecule has 1 saturated heterocycles. The number of nitrogens with one attached hydrogen (secondary N) is 1. The maximum atomic E-state index is 12.1. The summed E-state index contributed by atoms with van der Waals surface area (Å²) in [7, 11) is 0.